The van der Waals surface area contributed by atoms with E-state index in [2.05, 4.69) is 4.98 Å². The van der Waals surface area contributed by atoms with Crippen molar-refractivity contribution in [2.45, 2.75) is 25.0 Å². The van der Waals surface area contributed by atoms with Crippen molar-refractivity contribution in [3.8, 4) is 22.7 Å². The number of thiophene rings is 1. The van der Waals surface area contributed by atoms with Crippen LogP contribution in [-0.2, 0) is 13.0 Å². The Balaban J connectivity index is 1.64. The van der Waals surface area contributed by atoms with Crippen molar-refractivity contribution in [3.05, 3.63) is 89.1 Å². The van der Waals surface area contributed by atoms with E-state index in [0.717, 1.165) is 27.6 Å². The number of hydrogen-bond acceptors (Lipinski definition) is 8. The van der Waals surface area contributed by atoms with Gasteiger partial charge in [0.1, 0.15) is 5.76 Å². The fraction of sp³-hybridized carbons (Fsp3) is 0.160. The van der Waals surface area contributed by atoms with Gasteiger partial charge in [0.05, 0.1) is 45.5 Å². The van der Waals surface area contributed by atoms with Crippen LogP contribution in [0, 0.1) is 5.82 Å². The fourth-order valence-electron chi connectivity index (χ4n) is 3.86. The van der Waals surface area contributed by atoms with Gasteiger partial charge in [-0.05, 0) is 24.1 Å². The molecule has 0 fully saturated rings. The summed E-state index contributed by atoms with van der Waals surface area (Å²) in [7, 11) is 0. The maximum Gasteiger partial charge on any atom is 0.163 e. The number of benzene rings is 1. The Kier molecular flexibility index (Phi) is 6.16. The standard InChI is InChI=1S/C25H23FN6OS/c26-18-11-30-7-6-16(18)25-31-22-17(20-9-15(10-27)12-33-20)13-34-24(22)23(32-25)21(29)19(28)8-14-4-2-1-3-5-14/h1-7,9,11-13,19,21H,8,10,27-29H2. The average Bonchev–Trinajstić information content (AvgIpc) is 3.50. The second-order valence-corrected chi connectivity index (χ2v) is 8.90. The highest BCUT2D eigenvalue weighted by atomic mass is 32.1. The Hall–Kier alpha value is -3.50. The maximum atomic E-state index is 14.6. The Labute approximate surface area is 199 Å². The first kappa shape index (κ1) is 22.3. The summed E-state index contributed by atoms with van der Waals surface area (Å²) in [5.74, 6) is 0.324. The van der Waals surface area contributed by atoms with E-state index in [0.29, 0.717) is 29.9 Å². The van der Waals surface area contributed by atoms with Crippen molar-refractivity contribution in [2.75, 3.05) is 0 Å². The quantitative estimate of drug-likeness (QED) is 0.323. The molecular formula is C25H23FN6OS. The van der Waals surface area contributed by atoms with E-state index in [1.54, 1.807) is 12.3 Å². The molecule has 0 saturated carbocycles. The van der Waals surface area contributed by atoms with E-state index in [-0.39, 0.29) is 11.4 Å². The van der Waals surface area contributed by atoms with E-state index in [9.17, 15) is 4.39 Å². The van der Waals surface area contributed by atoms with Gasteiger partial charge < -0.3 is 21.6 Å². The molecule has 0 spiro atoms. The van der Waals surface area contributed by atoms with E-state index in [1.807, 2.05) is 41.8 Å². The maximum absolute atomic E-state index is 14.6. The predicted octanol–water partition coefficient (Wildman–Crippen LogP) is 4.18. The number of furan rings is 1. The molecule has 9 heteroatoms. The summed E-state index contributed by atoms with van der Waals surface area (Å²) in [6.45, 7) is 0.360. The molecular weight excluding hydrogens is 451 g/mol. The largest absolute Gasteiger partial charge is 0.464 e. The van der Waals surface area contributed by atoms with E-state index in [1.165, 1.54) is 17.5 Å². The van der Waals surface area contributed by atoms with Crippen LogP contribution in [0.4, 0.5) is 4.39 Å². The first-order valence-corrected chi connectivity index (χ1v) is 11.6. The van der Waals surface area contributed by atoms with Crippen LogP contribution >= 0.6 is 11.3 Å². The van der Waals surface area contributed by atoms with Crippen LogP contribution < -0.4 is 17.2 Å². The number of nitrogens with two attached hydrogens (primary N) is 3. The number of hydrogen-bond donors (Lipinski definition) is 3. The van der Waals surface area contributed by atoms with Crippen LogP contribution in [0.3, 0.4) is 0 Å². The number of aromatic nitrogens is 3. The zero-order chi connectivity index (χ0) is 23.7. The molecule has 0 aliphatic rings. The minimum Gasteiger partial charge on any atom is -0.464 e. The number of rotatable bonds is 7. The molecule has 0 amide bonds. The molecule has 2 atom stereocenters. The second kappa shape index (κ2) is 9.40. The van der Waals surface area contributed by atoms with Crippen LogP contribution in [0.5, 0.6) is 0 Å². The summed E-state index contributed by atoms with van der Waals surface area (Å²) in [6.07, 6.45) is 4.83. The molecule has 0 radical (unpaired) electrons. The van der Waals surface area contributed by atoms with Gasteiger partial charge in [-0.3, -0.25) is 4.98 Å². The monoisotopic (exact) mass is 474 g/mol. The Morgan fingerprint density at radius 3 is 2.59 bits per heavy atom. The van der Waals surface area contributed by atoms with Crippen molar-refractivity contribution in [1.82, 2.24) is 15.0 Å². The highest BCUT2D eigenvalue weighted by Gasteiger charge is 2.25. The minimum absolute atomic E-state index is 0.218. The predicted molar refractivity (Wildman–Crippen MR) is 131 cm³/mol. The van der Waals surface area contributed by atoms with Crippen LogP contribution in [0.25, 0.3) is 32.9 Å². The minimum atomic E-state index is -0.600. The normalized spacial score (nSPS) is 13.3. The van der Waals surface area contributed by atoms with Gasteiger partial charge >= 0.3 is 0 Å². The van der Waals surface area contributed by atoms with Crippen molar-refractivity contribution >= 4 is 21.6 Å². The number of halogens is 1. The first-order valence-electron chi connectivity index (χ1n) is 10.8. The molecule has 4 aromatic heterocycles. The zero-order valence-corrected chi connectivity index (χ0v) is 19.0. The number of nitrogens with zero attached hydrogens (tertiary/aromatic N) is 3. The lowest BCUT2D eigenvalue weighted by molar-refractivity contribution is 0.536. The second-order valence-electron chi connectivity index (χ2n) is 8.02. The molecule has 0 bridgehead atoms. The molecule has 1 aromatic carbocycles. The van der Waals surface area contributed by atoms with Gasteiger partial charge in [-0.25, -0.2) is 14.4 Å². The highest BCUT2D eigenvalue weighted by molar-refractivity contribution is 7.17. The average molecular weight is 475 g/mol. The van der Waals surface area contributed by atoms with E-state index >= 15 is 0 Å². The lowest BCUT2D eigenvalue weighted by Gasteiger charge is -2.21. The molecule has 5 rings (SSSR count). The van der Waals surface area contributed by atoms with E-state index in [4.69, 9.17) is 31.6 Å². The Morgan fingerprint density at radius 1 is 1.03 bits per heavy atom. The summed E-state index contributed by atoms with van der Waals surface area (Å²) in [6, 6.07) is 12.3. The summed E-state index contributed by atoms with van der Waals surface area (Å²) < 4.78 is 21.1. The molecule has 5 aromatic rings. The van der Waals surface area contributed by atoms with Gasteiger partial charge in [-0.2, -0.15) is 0 Å². The van der Waals surface area contributed by atoms with Gasteiger partial charge in [-0.15, -0.1) is 11.3 Å². The van der Waals surface area contributed by atoms with Crippen LogP contribution in [-0.4, -0.2) is 21.0 Å². The van der Waals surface area contributed by atoms with Gasteiger partial charge in [0.15, 0.2) is 11.6 Å². The summed E-state index contributed by atoms with van der Waals surface area (Å²) in [4.78, 5) is 13.2. The topological polar surface area (TPSA) is 130 Å². The summed E-state index contributed by atoms with van der Waals surface area (Å²) in [5.41, 5.74) is 23.1. The SMILES string of the molecule is NCc1coc(-c2csc3c(C(N)C(N)Cc4ccccc4)nc(-c4ccncc4F)nc23)c1. The van der Waals surface area contributed by atoms with Gasteiger partial charge in [0.25, 0.3) is 0 Å². The van der Waals surface area contributed by atoms with Crippen LogP contribution in [0.2, 0.25) is 0 Å². The fourth-order valence-corrected chi connectivity index (χ4v) is 4.89. The van der Waals surface area contributed by atoms with Gasteiger partial charge in [0.2, 0.25) is 0 Å². The molecule has 4 heterocycles. The van der Waals surface area contributed by atoms with Crippen LogP contribution in [0.15, 0.2) is 70.9 Å². The van der Waals surface area contributed by atoms with Gasteiger partial charge in [0, 0.05) is 29.7 Å². The van der Waals surface area contributed by atoms with Gasteiger partial charge in [-0.1, -0.05) is 30.3 Å². The summed E-state index contributed by atoms with van der Waals surface area (Å²) >= 11 is 1.45. The molecule has 2 unspecified atom stereocenters. The first-order chi connectivity index (χ1) is 16.5. The molecule has 34 heavy (non-hydrogen) atoms. The van der Waals surface area contributed by atoms with Crippen molar-refractivity contribution in [3.63, 3.8) is 0 Å². The molecule has 6 N–H and O–H groups in total. The van der Waals surface area contributed by atoms with Crippen molar-refractivity contribution < 1.29 is 8.81 Å². The molecule has 0 saturated heterocycles. The lowest BCUT2D eigenvalue weighted by Crippen LogP contribution is -2.36. The third kappa shape index (κ3) is 4.22. The number of fused-ring (bicyclic) bond motifs is 1. The summed E-state index contributed by atoms with van der Waals surface area (Å²) in [5, 5.41) is 1.93. The third-order valence-electron chi connectivity index (χ3n) is 5.70. The zero-order valence-electron chi connectivity index (χ0n) is 18.2. The third-order valence-corrected chi connectivity index (χ3v) is 6.69. The molecule has 7 nitrogen and oxygen atoms in total. The molecule has 0 aliphatic heterocycles. The molecule has 172 valence electrons. The van der Waals surface area contributed by atoms with E-state index < -0.39 is 17.9 Å². The Morgan fingerprint density at radius 2 is 1.85 bits per heavy atom. The van der Waals surface area contributed by atoms with Crippen LogP contribution in [0.1, 0.15) is 22.9 Å². The van der Waals surface area contributed by atoms with Crippen molar-refractivity contribution in [2.24, 2.45) is 17.2 Å². The molecule has 0 aliphatic carbocycles. The van der Waals surface area contributed by atoms with Crippen molar-refractivity contribution in [1.29, 1.82) is 0 Å². The number of pyridine rings is 1. The highest BCUT2D eigenvalue weighted by Crippen LogP contribution is 2.38. The smallest absolute Gasteiger partial charge is 0.163 e. The Bertz CT molecular complexity index is 1430. The lowest BCUT2D eigenvalue weighted by atomic mass is 9.98.